The standard InChI is InChI=1S/C16H9BrClN/c17-12-8-10(18)7-9-5-6-14-16(15(9)12)11-3-1-2-4-13(11)19-14/h1-8,19H. The van der Waals surface area contributed by atoms with Gasteiger partial charge in [0.25, 0.3) is 0 Å². The fourth-order valence-corrected chi connectivity index (χ4v) is 3.75. The molecule has 0 saturated heterocycles. The van der Waals surface area contributed by atoms with Gasteiger partial charge in [-0.3, -0.25) is 0 Å². The number of halogens is 2. The Morgan fingerprint density at radius 2 is 1.74 bits per heavy atom. The van der Waals surface area contributed by atoms with Crippen molar-refractivity contribution in [3.63, 3.8) is 0 Å². The highest BCUT2D eigenvalue weighted by molar-refractivity contribution is 9.10. The number of fused-ring (bicyclic) bond motifs is 5. The van der Waals surface area contributed by atoms with E-state index in [1.54, 1.807) is 0 Å². The van der Waals surface area contributed by atoms with Gasteiger partial charge in [-0.2, -0.15) is 0 Å². The van der Waals surface area contributed by atoms with Crippen LogP contribution in [0.1, 0.15) is 0 Å². The Balaban J connectivity index is 2.36. The molecule has 0 spiro atoms. The molecule has 0 amide bonds. The maximum absolute atomic E-state index is 6.13. The highest BCUT2D eigenvalue weighted by Crippen LogP contribution is 2.37. The number of para-hydroxylation sites is 1. The van der Waals surface area contributed by atoms with Gasteiger partial charge in [-0.05, 0) is 29.7 Å². The molecule has 19 heavy (non-hydrogen) atoms. The summed E-state index contributed by atoms with van der Waals surface area (Å²) < 4.78 is 1.03. The number of benzene rings is 3. The van der Waals surface area contributed by atoms with Crippen LogP contribution in [-0.4, -0.2) is 4.98 Å². The number of hydrogen-bond donors (Lipinski definition) is 1. The molecule has 4 aromatic rings. The number of aromatic nitrogens is 1. The van der Waals surface area contributed by atoms with E-state index >= 15 is 0 Å². The van der Waals surface area contributed by atoms with E-state index in [9.17, 15) is 0 Å². The maximum atomic E-state index is 6.13. The number of nitrogens with one attached hydrogen (secondary N) is 1. The van der Waals surface area contributed by atoms with Gasteiger partial charge in [-0.1, -0.05) is 51.8 Å². The van der Waals surface area contributed by atoms with Crippen LogP contribution in [0.3, 0.4) is 0 Å². The Morgan fingerprint density at radius 3 is 2.63 bits per heavy atom. The average molecular weight is 331 g/mol. The smallest absolute Gasteiger partial charge is 0.0471 e. The first-order valence-electron chi connectivity index (χ1n) is 6.02. The predicted octanol–water partition coefficient (Wildman–Crippen LogP) is 5.89. The molecule has 4 rings (SSSR count). The van der Waals surface area contributed by atoms with Crippen molar-refractivity contribution in [2.75, 3.05) is 0 Å². The van der Waals surface area contributed by atoms with Crippen molar-refractivity contribution < 1.29 is 0 Å². The summed E-state index contributed by atoms with van der Waals surface area (Å²) >= 11 is 9.77. The van der Waals surface area contributed by atoms with Crippen molar-refractivity contribution >= 4 is 60.1 Å². The predicted molar refractivity (Wildman–Crippen MR) is 86.0 cm³/mol. The van der Waals surface area contributed by atoms with Crippen molar-refractivity contribution in [3.8, 4) is 0 Å². The molecule has 1 nitrogen and oxygen atoms in total. The van der Waals surface area contributed by atoms with Crippen LogP contribution in [0.15, 0.2) is 53.0 Å². The summed E-state index contributed by atoms with van der Waals surface area (Å²) in [5.74, 6) is 0. The molecule has 3 aromatic carbocycles. The Morgan fingerprint density at radius 1 is 0.895 bits per heavy atom. The minimum atomic E-state index is 0.749. The lowest BCUT2D eigenvalue weighted by Gasteiger charge is -2.04. The molecule has 0 unspecified atom stereocenters. The fraction of sp³-hybridized carbons (Fsp3) is 0. The summed E-state index contributed by atoms with van der Waals surface area (Å²) in [7, 11) is 0. The SMILES string of the molecule is Clc1cc(Br)c2c(ccc3[nH]c4ccccc4c32)c1. The topological polar surface area (TPSA) is 15.8 Å². The van der Waals surface area contributed by atoms with E-state index < -0.39 is 0 Å². The monoisotopic (exact) mass is 329 g/mol. The van der Waals surface area contributed by atoms with Crippen molar-refractivity contribution in [1.29, 1.82) is 0 Å². The molecule has 1 N–H and O–H groups in total. The second kappa shape index (κ2) is 3.99. The van der Waals surface area contributed by atoms with Gasteiger partial charge >= 0.3 is 0 Å². The second-order valence-electron chi connectivity index (χ2n) is 4.64. The average Bonchev–Trinajstić information content (AvgIpc) is 2.76. The molecular formula is C16H9BrClN. The summed E-state index contributed by atoms with van der Waals surface area (Å²) in [5, 5.41) is 5.59. The quantitative estimate of drug-likeness (QED) is 0.414. The molecule has 0 aliphatic rings. The molecular weight excluding hydrogens is 322 g/mol. The minimum absolute atomic E-state index is 0.749. The van der Waals surface area contributed by atoms with Crippen LogP contribution in [0, 0.1) is 0 Å². The molecule has 92 valence electrons. The van der Waals surface area contributed by atoms with E-state index in [0.717, 1.165) is 25.9 Å². The molecule has 0 aliphatic heterocycles. The van der Waals surface area contributed by atoms with Crippen LogP contribution >= 0.6 is 27.5 Å². The van der Waals surface area contributed by atoms with Crippen LogP contribution in [0.25, 0.3) is 32.6 Å². The zero-order valence-corrected chi connectivity index (χ0v) is 12.2. The Labute approximate surface area is 123 Å². The highest BCUT2D eigenvalue weighted by Gasteiger charge is 2.10. The summed E-state index contributed by atoms with van der Waals surface area (Å²) in [6.07, 6.45) is 0. The molecule has 0 fully saturated rings. The molecule has 3 heteroatoms. The van der Waals surface area contributed by atoms with Crippen LogP contribution in [0.4, 0.5) is 0 Å². The first-order valence-corrected chi connectivity index (χ1v) is 7.19. The van der Waals surface area contributed by atoms with Gasteiger partial charge < -0.3 is 4.98 Å². The lowest BCUT2D eigenvalue weighted by atomic mass is 10.0. The van der Waals surface area contributed by atoms with Gasteiger partial charge in [-0.25, -0.2) is 0 Å². The van der Waals surface area contributed by atoms with Crippen LogP contribution in [0.5, 0.6) is 0 Å². The number of aromatic amines is 1. The molecule has 0 radical (unpaired) electrons. The lowest BCUT2D eigenvalue weighted by Crippen LogP contribution is -1.78. The number of H-pyrrole nitrogens is 1. The van der Waals surface area contributed by atoms with E-state index in [2.05, 4.69) is 51.2 Å². The largest absolute Gasteiger partial charge is 0.354 e. The third-order valence-corrected chi connectivity index (χ3v) is 4.34. The van der Waals surface area contributed by atoms with E-state index in [1.807, 2.05) is 18.2 Å². The fourth-order valence-electron chi connectivity index (χ4n) is 2.72. The molecule has 0 atom stereocenters. The first-order chi connectivity index (χ1) is 9.24. The number of hydrogen-bond acceptors (Lipinski definition) is 0. The van der Waals surface area contributed by atoms with Gasteiger partial charge in [0.05, 0.1) is 0 Å². The van der Waals surface area contributed by atoms with Crippen molar-refractivity contribution in [2.45, 2.75) is 0 Å². The molecule has 0 aliphatic carbocycles. The van der Waals surface area contributed by atoms with Crippen molar-refractivity contribution in [2.24, 2.45) is 0 Å². The third kappa shape index (κ3) is 1.60. The Kier molecular flexibility index (Phi) is 2.38. The lowest BCUT2D eigenvalue weighted by molar-refractivity contribution is 1.55. The summed E-state index contributed by atoms with van der Waals surface area (Å²) in [5.41, 5.74) is 2.31. The summed E-state index contributed by atoms with van der Waals surface area (Å²) in [6, 6.07) is 16.5. The third-order valence-electron chi connectivity index (χ3n) is 3.50. The zero-order chi connectivity index (χ0) is 13.0. The first kappa shape index (κ1) is 11.3. The summed E-state index contributed by atoms with van der Waals surface area (Å²) in [4.78, 5) is 3.46. The normalized spacial score (nSPS) is 11.7. The Bertz CT molecular complexity index is 940. The van der Waals surface area contributed by atoms with Gasteiger partial charge in [0.15, 0.2) is 0 Å². The molecule has 0 saturated carbocycles. The second-order valence-corrected chi connectivity index (χ2v) is 5.94. The Hall–Kier alpha value is -1.51. The molecule has 1 aromatic heterocycles. The van der Waals surface area contributed by atoms with Crippen LogP contribution in [-0.2, 0) is 0 Å². The van der Waals surface area contributed by atoms with E-state index in [-0.39, 0.29) is 0 Å². The number of rotatable bonds is 0. The zero-order valence-electron chi connectivity index (χ0n) is 9.87. The maximum Gasteiger partial charge on any atom is 0.0471 e. The van der Waals surface area contributed by atoms with E-state index in [1.165, 1.54) is 16.2 Å². The highest BCUT2D eigenvalue weighted by atomic mass is 79.9. The van der Waals surface area contributed by atoms with E-state index in [0.29, 0.717) is 0 Å². The van der Waals surface area contributed by atoms with E-state index in [4.69, 9.17) is 11.6 Å². The van der Waals surface area contributed by atoms with Crippen molar-refractivity contribution in [1.82, 2.24) is 4.98 Å². The van der Waals surface area contributed by atoms with Gasteiger partial charge in [0.1, 0.15) is 0 Å². The van der Waals surface area contributed by atoms with Crippen LogP contribution in [0.2, 0.25) is 5.02 Å². The van der Waals surface area contributed by atoms with Gasteiger partial charge in [-0.15, -0.1) is 0 Å². The summed E-state index contributed by atoms with van der Waals surface area (Å²) in [6.45, 7) is 0. The van der Waals surface area contributed by atoms with Gasteiger partial charge in [0, 0.05) is 36.7 Å². The minimum Gasteiger partial charge on any atom is -0.354 e. The molecule has 1 heterocycles. The van der Waals surface area contributed by atoms with Crippen LogP contribution < -0.4 is 0 Å². The van der Waals surface area contributed by atoms with Gasteiger partial charge in [0.2, 0.25) is 0 Å². The van der Waals surface area contributed by atoms with Crippen molar-refractivity contribution in [3.05, 3.63) is 58.0 Å². The molecule has 0 bridgehead atoms.